The molecular formula is C11H11F3N2S. The normalized spacial score (nSPS) is 12.2. The molecule has 0 aliphatic carbocycles. The zero-order valence-corrected chi connectivity index (χ0v) is 9.95. The van der Waals surface area contributed by atoms with Crippen molar-refractivity contribution >= 4 is 22.8 Å². The van der Waals surface area contributed by atoms with Gasteiger partial charge in [0.05, 0.1) is 16.8 Å². The Labute approximate surface area is 101 Å². The van der Waals surface area contributed by atoms with E-state index < -0.39 is 11.9 Å². The van der Waals surface area contributed by atoms with E-state index in [-0.39, 0.29) is 0 Å². The average Bonchev–Trinajstić information content (AvgIpc) is 2.66. The van der Waals surface area contributed by atoms with Gasteiger partial charge in [0, 0.05) is 0 Å². The maximum atomic E-state index is 12.1. The maximum absolute atomic E-state index is 12.1. The summed E-state index contributed by atoms with van der Waals surface area (Å²) in [5, 5.41) is 0.311. The highest BCUT2D eigenvalue weighted by atomic mass is 32.2. The lowest BCUT2D eigenvalue weighted by molar-refractivity contribution is -0.105. The van der Waals surface area contributed by atoms with Crippen LogP contribution >= 0.6 is 11.8 Å². The van der Waals surface area contributed by atoms with Gasteiger partial charge >= 0.3 is 6.18 Å². The third-order valence-electron chi connectivity index (χ3n) is 2.31. The molecule has 2 aromatic rings. The topological polar surface area (TPSA) is 28.7 Å². The molecule has 1 aromatic carbocycles. The van der Waals surface area contributed by atoms with Gasteiger partial charge in [0.25, 0.3) is 0 Å². The Morgan fingerprint density at radius 1 is 1.35 bits per heavy atom. The lowest BCUT2D eigenvalue weighted by Crippen LogP contribution is -2.10. The van der Waals surface area contributed by atoms with E-state index in [1.165, 1.54) is 0 Å². The molecule has 2 rings (SSSR count). The number of imidazole rings is 1. The van der Waals surface area contributed by atoms with Crippen LogP contribution in [0.5, 0.6) is 0 Å². The van der Waals surface area contributed by atoms with Gasteiger partial charge in [0.2, 0.25) is 0 Å². The summed E-state index contributed by atoms with van der Waals surface area (Å²) in [5.74, 6) is -0.923. The van der Waals surface area contributed by atoms with E-state index in [0.717, 1.165) is 17.5 Å². The maximum Gasteiger partial charge on any atom is 0.398 e. The van der Waals surface area contributed by atoms with Crippen LogP contribution in [0, 0.1) is 0 Å². The lowest BCUT2D eigenvalue weighted by atomic mass is 10.1. The molecule has 0 fully saturated rings. The summed E-state index contributed by atoms with van der Waals surface area (Å²) in [5.41, 5.74) is 2.62. The fraction of sp³-hybridized carbons (Fsp3) is 0.364. The van der Waals surface area contributed by atoms with Gasteiger partial charge in [-0.15, -0.1) is 0 Å². The number of aromatic nitrogens is 2. The van der Waals surface area contributed by atoms with Crippen LogP contribution in [-0.2, 0) is 6.42 Å². The quantitative estimate of drug-likeness (QED) is 0.851. The lowest BCUT2D eigenvalue weighted by Gasteiger charge is -2.02. The second-order valence-electron chi connectivity index (χ2n) is 3.65. The summed E-state index contributed by atoms with van der Waals surface area (Å²) < 4.78 is 36.2. The molecule has 1 heterocycles. The van der Waals surface area contributed by atoms with Gasteiger partial charge in [-0.2, -0.15) is 13.2 Å². The molecule has 0 saturated heterocycles. The Hall–Kier alpha value is -1.17. The summed E-state index contributed by atoms with van der Waals surface area (Å²) >= 11 is 0.675. The summed E-state index contributed by atoms with van der Waals surface area (Å²) in [4.78, 5) is 6.99. The van der Waals surface area contributed by atoms with Crippen molar-refractivity contribution in [3.8, 4) is 0 Å². The fourth-order valence-corrected chi connectivity index (χ4v) is 2.12. The molecule has 17 heavy (non-hydrogen) atoms. The highest BCUT2D eigenvalue weighted by Gasteiger charge is 2.27. The highest BCUT2D eigenvalue weighted by molar-refractivity contribution is 7.99. The van der Waals surface area contributed by atoms with E-state index in [4.69, 9.17) is 0 Å². The van der Waals surface area contributed by atoms with Crippen molar-refractivity contribution in [1.82, 2.24) is 9.97 Å². The zero-order chi connectivity index (χ0) is 12.5. The first-order valence-electron chi connectivity index (χ1n) is 5.16. The third kappa shape index (κ3) is 3.15. The number of thioether (sulfide) groups is 1. The number of halogens is 3. The van der Waals surface area contributed by atoms with Gasteiger partial charge < -0.3 is 4.98 Å². The van der Waals surface area contributed by atoms with E-state index in [9.17, 15) is 13.2 Å². The Morgan fingerprint density at radius 2 is 2.12 bits per heavy atom. The largest absolute Gasteiger partial charge is 0.398 e. The standard InChI is InChI=1S/C11H11F3N2S/c1-2-7-3-4-8-9(5-7)16-10(15-8)17-6-11(12,13)14/h3-5H,2,6H2,1H3,(H,15,16). The molecule has 0 spiro atoms. The number of rotatable bonds is 3. The number of hydrogen-bond acceptors (Lipinski definition) is 2. The molecule has 0 radical (unpaired) electrons. The van der Waals surface area contributed by atoms with Gasteiger partial charge in [-0.25, -0.2) is 4.98 Å². The molecule has 0 aliphatic rings. The Kier molecular flexibility index (Phi) is 3.33. The van der Waals surface area contributed by atoms with Crippen molar-refractivity contribution in [2.24, 2.45) is 0 Å². The number of H-pyrrole nitrogens is 1. The molecule has 0 atom stereocenters. The number of nitrogens with zero attached hydrogens (tertiary/aromatic N) is 1. The molecule has 0 saturated carbocycles. The van der Waals surface area contributed by atoms with E-state index >= 15 is 0 Å². The van der Waals surface area contributed by atoms with E-state index in [2.05, 4.69) is 9.97 Å². The van der Waals surface area contributed by atoms with Crippen LogP contribution in [-0.4, -0.2) is 21.9 Å². The second-order valence-corrected chi connectivity index (χ2v) is 4.61. The van der Waals surface area contributed by atoms with Crippen LogP contribution in [0.1, 0.15) is 12.5 Å². The molecule has 0 aliphatic heterocycles. The number of alkyl halides is 3. The highest BCUT2D eigenvalue weighted by Crippen LogP contribution is 2.27. The molecule has 0 amide bonds. The molecule has 92 valence electrons. The summed E-state index contributed by atoms with van der Waals surface area (Å²) in [6.07, 6.45) is -3.28. The van der Waals surface area contributed by atoms with Gasteiger partial charge in [0.1, 0.15) is 0 Å². The van der Waals surface area contributed by atoms with Crippen LogP contribution < -0.4 is 0 Å². The monoisotopic (exact) mass is 260 g/mol. The number of nitrogens with one attached hydrogen (secondary N) is 1. The predicted molar refractivity (Wildman–Crippen MR) is 62.3 cm³/mol. The van der Waals surface area contributed by atoms with Crippen LogP contribution in [0.2, 0.25) is 0 Å². The molecule has 0 bridgehead atoms. The van der Waals surface area contributed by atoms with Crippen molar-refractivity contribution in [2.75, 3.05) is 5.75 Å². The minimum absolute atomic E-state index is 0.311. The van der Waals surface area contributed by atoms with Gasteiger partial charge in [-0.1, -0.05) is 24.8 Å². The van der Waals surface area contributed by atoms with E-state index in [1.54, 1.807) is 0 Å². The predicted octanol–water partition coefficient (Wildman–Crippen LogP) is 3.78. The average molecular weight is 260 g/mol. The third-order valence-corrected chi connectivity index (χ3v) is 3.24. The zero-order valence-electron chi connectivity index (χ0n) is 9.14. The van der Waals surface area contributed by atoms with Crippen LogP contribution in [0.25, 0.3) is 11.0 Å². The second kappa shape index (κ2) is 4.60. The van der Waals surface area contributed by atoms with E-state index in [1.807, 2.05) is 25.1 Å². The van der Waals surface area contributed by atoms with Crippen LogP contribution in [0.15, 0.2) is 23.4 Å². The van der Waals surface area contributed by atoms with Crippen molar-refractivity contribution < 1.29 is 13.2 Å². The number of hydrogen-bond donors (Lipinski definition) is 1. The first kappa shape index (κ1) is 12.3. The number of aromatic amines is 1. The SMILES string of the molecule is CCc1ccc2nc(SCC(F)(F)F)[nH]c2c1. The fourth-order valence-electron chi connectivity index (χ4n) is 1.47. The minimum atomic E-state index is -4.17. The summed E-state index contributed by atoms with van der Waals surface area (Å²) in [7, 11) is 0. The molecule has 2 nitrogen and oxygen atoms in total. The molecular weight excluding hydrogens is 249 g/mol. The first-order valence-corrected chi connectivity index (χ1v) is 6.14. The van der Waals surface area contributed by atoms with Crippen molar-refractivity contribution in [1.29, 1.82) is 0 Å². The number of aryl methyl sites for hydroxylation is 1. The number of fused-ring (bicyclic) bond motifs is 1. The molecule has 0 unspecified atom stereocenters. The Morgan fingerprint density at radius 3 is 2.76 bits per heavy atom. The van der Waals surface area contributed by atoms with Gasteiger partial charge in [0.15, 0.2) is 5.16 Å². The molecule has 6 heteroatoms. The van der Waals surface area contributed by atoms with Gasteiger partial charge in [-0.05, 0) is 24.1 Å². The van der Waals surface area contributed by atoms with E-state index in [0.29, 0.717) is 22.4 Å². The van der Waals surface area contributed by atoms with Crippen LogP contribution in [0.3, 0.4) is 0 Å². The number of benzene rings is 1. The van der Waals surface area contributed by atoms with Crippen molar-refractivity contribution in [3.63, 3.8) is 0 Å². The Bertz CT molecular complexity index is 519. The molecule has 1 aromatic heterocycles. The summed E-state index contributed by atoms with van der Waals surface area (Å²) in [6, 6.07) is 5.67. The van der Waals surface area contributed by atoms with Crippen molar-refractivity contribution in [2.45, 2.75) is 24.7 Å². The van der Waals surface area contributed by atoms with Crippen molar-refractivity contribution in [3.05, 3.63) is 23.8 Å². The summed E-state index contributed by atoms with van der Waals surface area (Å²) in [6.45, 7) is 2.02. The Balaban J connectivity index is 2.20. The smallest absolute Gasteiger partial charge is 0.333 e. The van der Waals surface area contributed by atoms with Crippen LogP contribution in [0.4, 0.5) is 13.2 Å². The molecule has 1 N–H and O–H groups in total. The van der Waals surface area contributed by atoms with Gasteiger partial charge in [-0.3, -0.25) is 0 Å². The minimum Gasteiger partial charge on any atom is -0.333 e. The first-order chi connectivity index (χ1) is 7.98.